The summed E-state index contributed by atoms with van der Waals surface area (Å²) in [7, 11) is 0. The lowest BCUT2D eigenvalue weighted by Crippen LogP contribution is -2.17. The second kappa shape index (κ2) is 6.13. The molecular formula is C15H18N4O2. The van der Waals surface area contributed by atoms with Crippen LogP contribution in [0.2, 0.25) is 0 Å². The molecule has 0 atom stereocenters. The highest BCUT2D eigenvalue weighted by Gasteiger charge is 2.19. The number of rotatable bonds is 5. The number of anilines is 2. The zero-order valence-electron chi connectivity index (χ0n) is 11.8. The molecule has 2 amide bonds. The summed E-state index contributed by atoms with van der Waals surface area (Å²) < 4.78 is 0. The lowest BCUT2D eigenvalue weighted by atomic mass is 10.0. The van der Waals surface area contributed by atoms with Gasteiger partial charge < -0.3 is 21.8 Å². The quantitative estimate of drug-likeness (QED) is 0.631. The Morgan fingerprint density at radius 1 is 1.24 bits per heavy atom. The van der Waals surface area contributed by atoms with E-state index < -0.39 is 5.91 Å². The fourth-order valence-corrected chi connectivity index (χ4v) is 2.10. The molecule has 110 valence electrons. The fourth-order valence-electron chi connectivity index (χ4n) is 2.10. The molecule has 2 aromatic rings. The molecule has 0 unspecified atom stereocenters. The molecule has 0 aliphatic carbocycles. The molecule has 0 bridgehead atoms. The van der Waals surface area contributed by atoms with Gasteiger partial charge >= 0.3 is 0 Å². The number of nitrogens with one attached hydrogen (secondary N) is 2. The van der Waals surface area contributed by atoms with E-state index in [1.54, 1.807) is 30.5 Å². The number of aromatic amines is 1. The van der Waals surface area contributed by atoms with Crippen LogP contribution in [0.5, 0.6) is 0 Å². The predicted octanol–water partition coefficient (Wildman–Crippen LogP) is 2.10. The van der Waals surface area contributed by atoms with Crippen LogP contribution in [0.15, 0.2) is 30.5 Å². The van der Waals surface area contributed by atoms with Crippen LogP contribution < -0.4 is 16.8 Å². The SMILES string of the molecule is CCCC(=O)Nc1[nH]cc(-c2ccc(N)cc2)c1C(N)=O. The van der Waals surface area contributed by atoms with Gasteiger partial charge in [0.15, 0.2) is 0 Å². The van der Waals surface area contributed by atoms with Crippen molar-refractivity contribution in [2.45, 2.75) is 19.8 Å². The van der Waals surface area contributed by atoms with Gasteiger partial charge in [-0.15, -0.1) is 0 Å². The summed E-state index contributed by atoms with van der Waals surface area (Å²) in [5.74, 6) is -0.437. The number of aromatic nitrogens is 1. The number of amides is 2. The third-order valence-corrected chi connectivity index (χ3v) is 3.09. The number of nitrogen functional groups attached to an aromatic ring is 1. The molecule has 1 heterocycles. The monoisotopic (exact) mass is 286 g/mol. The summed E-state index contributed by atoms with van der Waals surface area (Å²) in [6, 6.07) is 7.07. The predicted molar refractivity (Wildman–Crippen MR) is 82.7 cm³/mol. The highest BCUT2D eigenvalue weighted by atomic mass is 16.2. The van der Waals surface area contributed by atoms with Gasteiger partial charge in [-0.1, -0.05) is 19.1 Å². The van der Waals surface area contributed by atoms with E-state index in [0.29, 0.717) is 23.5 Å². The number of carbonyl (C=O) groups is 2. The van der Waals surface area contributed by atoms with Crippen molar-refractivity contribution in [2.24, 2.45) is 5.73 Å². The Labute approximate surface area is 122 Å². The average Bonchev–Trinajstić information content (AvgIpc) is 2.83. The molecule has 0 spiro atoms. The molecule has 0 radical (unpaired) electrons. The second-order valence-electron chi connectivity index (χ2n) is 4.74. The molecule has 0 saturated carbocycles. The van der Waals surface area contributed by atoms with Crippen molar-refractivity contribution >= 4 is 23.3 Å². The molecule has 0 aliphatic heterocycles. The van der Waals surface area contributed by atoms with E-state index in [1.807, 2.05) is 6.92 Å². The summed E-state index contributed by atoms with van der Waals surface area (Å²) in [4.78, 5) is 26.3. The fraction of sp³-hybridized carbons (Fsp3) is 0.200. The van der Waals surface area contributed by atoms with E-state index in [4.69, 9.17) is 11.5 Å². The molecule has 6 N–H and O–H groups in total. The smallest absolute Gasteiger partial charge is 0.253 e. The molecule has 21 heavy (non-hydrogen) atoms. The Morgan fingerprint density at radius 2 is 1.90 bits per heavy atom. The van der Waals surface area contributed by atoms with Gasteiger partial charge in [-0.2, -0.15) is 0 Å². The van der Waals surface area contributed by atoms with Crippen LogP contribution in [0.1, 0.15) is 30.1 Å². The van der Waals surface area contributed by atoms with Crippen molar-refractivity contribution in [2.75, 3.05) is 11.1 Å². The van der Waals surface area contributed by atoms with Crippen molar-refractivity contribution in [1.82, 2.24) is 4.98 Å². The summed E-state index contributed by atoms with van der Waals surface area (Å²) in [6.07, 6.45) is 2.75. The van der Waals surface area contributed by atoms with Crippen LogP contribution >= 0.6 is 0 Å². The number of benzene rings is 1. The van der Waals surface area contributed by atoms with Gasteiger partial charge in [0, 0.05) is 23.9 Å². The van der Waals surface area contributed by atoms with Gasteiger partial charge in [0.1, 0.15) is 5.82 Å². The zero-order valence-corrected chi connectivity index (χ0v) is 11.8. The highest BCUT2D eigenvalue weighted by Crippen LogP contribution is 2.29. The number of hydrogen-bond acceptors (Lipinski definition) is 3. The Hall–Kier alpha value is -2.76. The summed E-state index contributed by atoms with van der Waals surface area (Å²) in [5, 5.41) is 2.67. The number of H-pyrrole nitrogens is 1. The van der Waals surface area contributed by atoms with Gasteiger partial charge in [0.05, 0.1) is 5.56 Å². The zero-order chi connectivity index (χ0) is 15.4. The van der Waals surface area contributed by atoms with Gasteiger partial charge in [-0.05, 0) is 24.1 Å². The lowest BCUT2D eigenvalue weighted by Gasteiger charge is -2.06. The van der Waals surface area contributed by atoms with E-state index in [1.165, 1.54) is 0 Å². The minimum Gasteiger partial charge on any atom is -0.399 e. The molecular weight excluding hydrogens is 268 g/mol. The Balaban J connectivity index is 2.39. The van der Waals surface area contributed by atoms with Gasteiger partial charge in [0.25, 0.3) is 5.91 Å². The molecule has 6 heteroatoms. The van der Waals surface area contributed by atoms with Crippen molar-refractivity contribution in [3.8, 4) is 11.1 Å². The first kappa shape index (κ1) is 14.6. The average molecular weight is 286 g/mol. The first-order valence-electron chi connectivity index (χ1n) is 6.69. The van der Waals surface area contributed by atoms with Crippen LogP contribution in [-0.4, -0.2) is 16.8 Å². The topological polar surface area (TPSA) is 114 Å². The first-order valence-corrected chi connectivity index (χ1v) is 6.69. The number of carbonyl (C=O) groups excluding carboxylic acids is 2. The Kier molecular flexibility index (Phi) is 4.27. The standard InChI is InChI=1S/C15H18N4O2/c1-2-3-12(20)19-15-13(14(17)21)11(8-18-15)9-4-6-10(16)7-5-9/h4-8,18H,2-3,16H2,1H3,(H2,17,21)(H,19,20). The maximum absolute atomic E-state index is 11.7. The van der Waals surface area contributed by atoms with Crippen molar-refractivity contribution < 1.29 is 9.59 Å². The summed E-state index contributed by atoms with van der Waals surface area (Å²) in [6.45, 7) is 1.91. The molecule has 2 rings (SSSR count). The summed E-state index contributed by atoms with van der Waals surface area (Å²) in [5.41, 5.74) is 13.4. The molecule has 0 saturated heterocycles. The second-order valence-corrected chi connectivity index (χ2v) is 4.74. The van der Waals surface area contributed by atoms with E-state index in [0.717, 1.165) is 12.0 Å². The van der Waals surface area contributed by atoms with Crippen LogP contribution in [0.25, 0.3) is 11.1 Å². The molecule has 1 aromatic carbocycles. The lowest BCUT2D eigenvalue weighted by molar-refractivity contribution is -0.116. The molecule has 0 fully saturated rings. The van der Waals surface area contributed by atoms with Crippen molar-refractivity contribution in [3.63, 3.8) is 0 Å². The Morgan fingerprint density at radius 3 is 2.48 bits per heavy atom. The largest absolute Gasteiger partial charge is 0.399 e. The van der Waals surface area contributed by atoms with Gasteiger partial charge in [-0.3, -0.25) is 9.59 Å². The number of primary amides is 1. The summed E-state index contributed by atoms with van der Waals surface area (Å²) >= 11 is 0. The van der Waals surface area contributed by atoms with Crippen LogP contribution in [0.4, 0.5) is 11.5 Å². The maximum Gasteiger partial charge on any atom is 0.253 e. The molecule has 0 aliphatic rings. The maximum atomic E-state index is 11.7. The van der Waals surface area contributed by atoms with Gasteiger partial charge in [-0.25, -0.2) is 0 Å². The Bertz CT molecular complexity index is 659. The highest BCUT2D eigenvalue weighted by molar-refractivity contribution is 6.07. The van der Waals surface area contributed by atoms with E-state index in [-0.39, 0.29) is 11.5 Å². The van der Waals surface area contributed by atoms with E-state index in [2.05, 4.69) is 10.3 Å². The van der Waals surface area contributed by atoms with Crippen molar-refractivity contribution in [3.05, 3.63) is 36.0 Å². The van der Waals surface area contributed by atoms with Crippen LogP contribution in [-0.2, 0) is 4.79 Å². The minimum absolute atomic E-state index is 0.161. The normalized spacial score (nSPS) is 10.3. The minimum atomic E-state index is -0.602. The third-order valence-electron chi connectivity index (χ3n) is 3.09. The third kappa shape index (κ3) is 3.22. The van der Waals surface area contributed by atoms with Crippen LogP contribution in [0, 0.1) is 0 Å². The molecule has 1 aromatic heterocycles. The van der Waals surface area contributed by atoms with E-state index in [9.17, 15) is 9.59 Å². The van der Waals surface area contributed by atoms with Crippen molar-refractivity contribution in [1.29, 1.82) is 0 Å². The van der Waals surface area contributed by atoms with Gasteiger partial charge in [0.2, 0.25) is 5.91 Å². The number of hydrogen-bond donors (Lipinski definition) is 4. The molecule has 6 nitrogen and oxygen atoms in total. The number of nitrogens with two attached hydrogens (primary N) is 2. The van der Waals surface area contributed by atoms with Crippen LogP contribution in [0.3, 0.4) is 0 Å². The first-order chi connectivity index (χ1) is 10.0. The van der Waals surface area contributed by atoms with E-state index >= 15 is 0 Å².